The van der Waals surface area contributed by atoms with Gasteiger partial charge in [0.1, 0.15) is 5.75 Å². The molecule has 2 N–H and O–H groups in total. The quantitative estimate of drug-likeness (QED) is 0.861. The van der Waals surface area contributed by atoms with Crippen LogP contribution < -0.4 is 10.1 Å². The van der Waals surface area contributed by atoms with Crippen LogP contribution in [0.2, 0.25) is 0 Å². The first kappa shape index (κ1) is 14.1. The maximum absolute atomic E-state index is 11.0. The van der Waals surface area contributed by atoms with E-state index in [4.69, 9.17) is 9.84 Å². The average molecular weight is 303 g/mol. The number of ether oxygens (including phenoxy) is 1. The van der Waals surface area contributed by atoms with E-state index in [9.17, 15) is 4.79 Å². The Labute approximate surface area is 127 Å². The van der Waals surface area contributed by atoms with Crippen LogP contribution in [-0.2, 0) is 17.8 Å². The second-order valence-corrected chi connectivity index (χ2v) is 6.07. The van der Waals surface area contributed by atoms with Gasteiger partial charge in [-0.15, -0.1) is 11.3 Å². The maximum atomic E-state index is 11.0. The molecule has 0 amide bonds. The van der Waals surface area contributed by atoms with Crippen LogP contribution in [0, 0.1) is 0 Å². The molecule has 0 aliphatic carbocycles. The lowest BCUT2D eigenvalue weighted by Gasteiger charge is -2.16. The summed E-state index contributed by atoms with van der Waals surface area (Å²) in [6.45, 7) is 1.41. The Morgan fingerprint density at radius 1 is 1.43 bits per heavy atom. The minimum atomic E-state index is -0.789. The third kappa shape index (κ3) is 3.43. The molecule has 1 aliphatic heterocycles. The summed E-state index contributed by atoms with van der Waals surface area (Å²) in [7, 11) is 0. The van der Waals surface area contributed by atoms with Crippen LogP contribution in [-0.4, -0.2) is 17.7 Å². The molecule has 0 saturated heterocycles. The minimum Gasteiger partial charge on any atom is -0.493 e. The number of benzene rings is 1. The lowest BCUT2D eigenvalue weighted by Crippen LogP contribution is -2.22. The molecule has 5 heteroatoms. The number of thiophene rings is 1. The molecule has 1 aliphatic rings. The Morgan fingerprint density at radius 3 is 3.10 bits per heavy atom. The highest BCUT2D eigenvalue weighted by Gasteiger charge is 2.17. The van der Waals surface area contributed by atoms with Crippen LogP contribution in [0.3, 0.4) is 0 Å². The topological polar surface area (TPSA) is 58.6 Å². The first-order valence-corrected chi connectivity index (χ1v) is 7.83. The average Bonchev–Trinajstić information content (AvgIpc) is 3.13. The molecule has 2 aromatic rings. The van der Waals surface area contributed by atoms with Gasteiger partial charge in [-0.05, 0) is 28.6 Å². The van der Waals surface area contributed by atoms with Crippen molar-refractivity contribution in [3.8, 4) is 5.75 Å². The van der Waals surface area contributed by atoms with Crippen LogP contribution in [0.1, 0.15) is 28.5 Å². The van der Waals surface area contributed by atoms with E-state index >= 15 is 0 Å². The van der Waals surface area contributed by atoms with Gasteiger partial charge < -0.3 is 15.2 Å². The van der Waals surface area contributed by atoms with Crippen LogP contribution in [0.5, 0.6) is 5.75 Å². The third-order valence-corrected chi connectivity index (χ3v) is 4.56. The van der Waals surface area contributed by atoms with Crippen LogP contribution >= 0.6 is 11.3 Å². The van der Waals surface area contributed by atoms with Crippen molar-refractivity contribution in [2.24, 2.45) is 0 Å². The second kappa shape index (κ2) is 6.28. The molecule has 0 bridgehead atoms. The van der Waals surface area contributed by atoms with E-state index in [1.807, 2.05) is 29.6 Å². The number of fused-ring (bicyclic) bond motifs is 1. The van der Waals surface area contributed by atoms with Gasteiger partial charge in [-0.3, -0.25) is 4.79 Å². The monoisotopic (exact) mass is 303 g/mol. The zero-order valence-electron chi connectivity index (χ0n) is 11.5. The maximum Gasteiger partial charge on any atom is 0.305 e. The molecule has 1 atom stereocenters. The van der Waals surface area contributed by atoms with Crippen molar-refractivity contribution in [2.45, 2.75) is 25.4 Å². The number of carboxylic acid groups (broad SMARTS) is 1. The first-order valence-electron chi connectivity index (χ1n) is 6.95. The number of nitrogens with one attached hydrogen (secondary N) is 1. The molecule has 21 heavy (non-hydrogen) atoms. The predicted molar refractivity (Wildman–Crippen MR) is 81.8 cm³/mol. The molecule has 0 spiro atoms. The Morgan fingerprint density at radius 2 is 2.33 bits per heavy atom. The number of hydrogen-bond acceptors (Lipinski definition) is 4. The van der Waals surface area contributed by atoms with Gasteiger partial charge in [0.25, 0.3) is 0 Å². The van der Waals surface area contributed by atoms with Crippen molar-refractivity contribution in [1.29, 1.82) is 0 Å². The highest BCUT2D eigenvalue weighted by molar-refractivity contribution is 7.10. The largest absolute Gasteiger partial charge is 0.493 e. The fourth-order valence-corrected chi connectivity index (χ4v) is 3.33. The Hall–Kier alpha value is -1.85. The van der Waals surface area contributed by atoms with E-state index in [1.54, 1.807) is 11.3 Å². The van der Waals surface area contributed by atoms with Crippen LogP contribution in [0.4, 0.5) is 0 Å². The van der Waals surface area contributed by atoms with E-state index < -0.39 is 5.97 Å². The third-order valence-electron chi connectivity index (χ3n) is 3.57. The van der Waals surface area contributed by atoms with Gasteiger partial charge in [-0.1, -0.05) is 18.2 Å². The smallest absolute Gasteiger partial charge is 0.305 e. The SMILES string of the molecule is O=C(O)CC(NCc1ccc2c(c1)CCO2)c1cccs1. The normalized spacial score (nSPS) is 14.5. The fourth-order valence-electron chi connectivity index (χ4n) is 2.53. The second-order valence-electron chi connectivity index (χ2n) is 5.09. The Balaban J connectivity index is 1.67. The van der Waals surface area contributed by atoms with Crippen molar-refractivity contribution in [1.82, 2.24) is 5.32 Å². The molecule has 0 radical (unpaired) electrons. The zero-order chi connectivity index (χ0) is 14.7. The molecular formula is C16H17NO3S. The highest BCUT2D eigenvalue weighted by Crippen LogP contribution is 2.27. The van der Waals surface area contributed by atoms with Gasteiger partial charge in [-0.2, -0.15) is 0 Å². The molecule has 0 fully saturated rings. The number of carbonyl (C=O) groups is 1. The number of carboxylic acids is 1. The summed E-state index contributed by atoms with van der Waals surface area (Å²) in [5.74, 6) is 0.183. The molecule has 1 unspecified atom stereocenters. The minimum absolute atomic E-state index is 0.0918. The molecule has 0 saturated carbocycles. The van der Waals surface area contributed by atoms with Crippen LogP contribution in [0.25, 0.3) is 0 Å². The summed E-state index contributed by atoms with van der Waals surface area (Å²) in [5.41, 5.74) is 2.39. The van der Waals surface area contributed by atoms with Crippen molar-refractivity contribution in [3.05, 3.63) is 51.7 Å². The van der Waals surface area contributed by atoms with Gasteiger partial charge in [0.15, 0.2) is 0 Å². The summed E-state index contributed by atoms with van der Waals surface area (Å²) < 4.78 is 5.49. The fraction of sp³-hybridized carbons (Fsp3) is 0.312. The molecular weight excluding hydrogens is 286 g/mol. The Bertz CT molecular complexity index is 624. The van der Waals surface area contributed by atoms with Gasteiger partial charge in [-0.25, -0.2) is 0 Å². The number of hydrogen-bond donors (Lipinski definition) is 2. The van der Waals surface area contributed by atoms with Crippen molar-refractivity contribution >= 4 is 17.3 Å². The molecule has 1 aromatic carbocycles. The first-order chi connectivity index (χ1) is 10.2. The van der Waals surface area contributed by atoms with Crippen molar-refractivity contribution in [2.75, 3.05) is 6.61 Å². The number of rotatable bonds is 6. The molecule has 1 aromatic heterocycles. The molecule has 2 heterocycles. The standard InChI is InChI=1S/C16H17NO3S/c18-16(19)9-13(15-2-1-7-21-15)17-10-11-3-4-14-12(8-11)5-6-20-14/h1-4,7-8,13,17H,5-6,9-10H2,(H,18,19). The van der Waals surface area contributed by atoms with E-state index in [-0.39, 0.29) is 12.5 Å². The highest BCUT2D eigenvalue weighted by atomic mass is 32.1. The Kier molecular flexibility index (Phi) is 4.22. The van der Waals surface area contributed by atoms with Gasteiger partial charge in [0, 0.05) is 17.8 Å². The summed E-state index contributed by atoms with van der Waals surface area (Å²) in [6, 6.07) is 9.94. The summed E-state index contributed by atoms with van der Waals surface area (Å²) in [6.07, 6.45) is 1.04. The lowest BCUT2D eigenvalue weighted by atomic mass is 10.1. The summed E-state index contributed by atoms with van der Waals surface area (Å²) in [4.78, 5) is 12.1. The summed E-state index contributed by atoms with van der Waals surface area (Å²) in [5, 5.41) is 14.4. The van der Waals surface area contributed by atoms with Crippen molar-refractivity contribution < 1.29 is 14.6 Å². The van der Waals surface area contributed by atoms with Gasteiger partial charge in [0.2, 0.25) is 0 Å². The van der Waals surface area contributed by atoms with Gasteiger partial charge in [0.05, 0.1) is 19.1 Å². The van der Waals surface area contributed by atoms with Crippen LogP contribution in [0.15, 0.2) is 35.7 Å². The predicted octanol–water partition coefficient (Wildman–Crippen LogP) is 2.99. The van der Waals surface area contributed by atoms with E-state index in [0.29, 0.717) is 6.54 Å². The number of aliphatic carboxylic acids is 1. The van der Waals surface area contributed by atoms with E-state index in [1.165, 1.54) is 5.56 Å². The van der Waals surface area contributed by atoms with Crippen molar-refractivity contribution in [3.63, 3.8) is 0 Å². The van der Waals surface area contributed by atoms with E-state index in [2.05, 4.69) is 11.4 Å². The molecule has 3 rings (SSSR count). The molecule has 4 nitrogen and oxygen atoms in total. The van der Waals surface area contributed by atoms with E-state index in [0.717, 1.165) is 29.2 Å². The molecule has 110 valence electrons. The lowest BCUT2D eigenvalue weighted by molar-refractivity contribution is -0.137. The van der Waals surface area contributed by atoms with Gasteiger partial charge >= 0.3 is 5.97 Å². The zero-order valence-corrected chi connectivity index (χ0v) is 12.4. The summed E-state index contributed by atoms with van der Waals surface area (Å²) >= 11 is 1.58.